The van der Waals surface area contributed by atoms with Crippen LogP contribution in [0, 0.1) is 0 Å². The van der Waals surface area contributed by atoms with Gasteiger partial charge in [0, 0.05) is 36.3 Å². The molecule has 2 heterocycles. The SMILES string of the molecule is c1ccc(-c2ccc3c(c2)c2ccc(-c4ccc5sc6ccccc6c5c4)cc2n3-c2cccc3ccccc23)cc1. The van der Waals surface area contributed by atoms with E-state index in [1.54, 1.807) is 0 Å². The summed E-state index contributed by atoms with van der Waals surface area (Å²) in [7, 11) is 0. The molecule has 0 aliphatic heterocycles. The smallest absolute Gasteiger partial charge is 0.0547 e. The molecule has 2 heteroatoms. The highest BCUT2D eigenvalue weighted by molar-refractivity contribution is 7.25. The van der Waals surface area contributed by atoms with E-state index in [-0.39, 0.29) is 0 Å². The van der Waals surface area contributed by atoms with Gasteiger partial charge in [-0.15, -0.1) is 11.3 Å². The molecule has 0 radical (unpaired) electrons. The molecule has 9 aromatic rings. The van der Waals surface area contributed by atoms with Gasteiger partial charge in [0.2, 0.25) is 0 Å². The van der Waals surface area contributed by atoms with Crippen molar-refractivity contribution in [2.45, 2.75) is 0 Å². The maximum atomic E-state index is 2.46. The molecule has 0 N–H and O–H groups in total. The second-order valence-corrected chi connectivity index (χ2v) is 12.1. The van der Waals surface area contributed by atoms with Gasteiger partial charge in [-0.25, -0.2) is 0 Å². The van der Waals surface area contributed by atoms with Crippen LogP contribution in [-0.2, 0) is 0 Å². The van der Waals surface area contributed by atoms with Gasteiger partial charge in [-0.05, 0) is 70.1 Å². The summed E-state index contributed by atoms with van der Waals surface area (Å²) in [4.78, 5) is 0. The van der Waals surface area contributed by atoms with Gasteiger partial charge in [-0.1, -0.05) is 109 Å². The molecule has 0 amide bonds. The Balaban J connectivity index is 1.33. The maximum absolute atomic E-state index is 2.46. The monoisotopic (exact) mass is 551 g/mol. The minimum atomic E-state index is 1.21. The van der Waals surface area contributed by atoms with Crippen LogP contribution in [0.15, 0.2) is 152 Å². The van der Waals surface area contributed by atoms with Crippen molar-refractivity contribution in [1.82, 2.24) is 4.57 Å². The van der Waals surface area contributed by atoms with E-state index < -0.39 is 0 Å². The summed E-state index contributed by atoms with van der Waals surface area (Å²) in [6.45, 7) is 0. The van der Waals surface area contributed by atoms with Gasteiger partial charge in [0.1, 0.15) is 0 Å². The van der Waals surface area contributed by atoms with Crippen LogP contribution in [0.2, 0.25) is 0 Å². The van der Waals surface area contributed by atoms with E-state index in [4.69, 9.17) is 0 Å². The highest BCUT2D eigenvalue weighted by atomic mass is 32.1. The molecule has 1 nitrogen and oxygen atoms in total. The predicted molar refractivity (Wildman–Crippen MR) is 182 cm³/mol. The average molecular weight is 552 g/mol. The molecule has 0 unspecified atom stereocenters. The van der Waals surface area contributed by atoms with Crippen molar-refractivity contribution in [3.8, 4) is 27.9 Å². The summed E-state index contributed by atoms with van der Waals surface area (Å²) in [5, 5.41) is 7.69. The van der Waals surface area contributed by atoms with Gasteiger partial charge in [0.15, 0.2) is 0 Å². The number of rotatable bonds is 3. The third kappa shape index (κ3) is 3.56. The van der Waals surface area contributed by atoms with Crippen LogP contribution in [0.3, 0.4) is 0 Å². The molecule has 196 valence electrons. The molecule has 0 bridgehead atoms. The zero-order chi connectivity index (χ0) is 27.6. The molecule has 0 spiro atoms. The van der Waals surface area contributed by atoms with Crippen molar-refractivity contribution in [2.24, 2.45) is 0 Å². The Bertz CT molecular complexity index is 2460. The number of hydrogen-bond donors (Lipinski definition) is 0. The van der Waals surface area contributed by atoms with E-state index in [0.29, 0.717) is 0 Å². The lowest BCUT2D eigenvalue weighted by Gasteiger charge is -2.12. The summed E-state index contributed by atoms with van der Waals surface area (Å²) in [5.41, 5.74) is 8.59. The largest absolute Gasteiger partial charge is 0.309 e. The summed E-state index contributed by atoms with van der Waals surface area (Å²) < 4.78 is 5.13. The van der Waals surface area contributed by atoms with Gasteiger partial charge in [-0.3, -0.25) is 0 Å². The lowest BCUT2D eigenvalue weighted by molar-refractivity contribution is 1.20. The maximum Gasteiger partial charge on any atom is 0.0547 e. The first-order valence-corrected chi connectivity index (χ1v) is 15.2. The number of benzene rings is 7. The molecule has 2 aromatic heterocycles. The van der Waals surface area contributed by atoms with Crippen LogP contribution in [0.5, 0.6) is 0 Å². The number of aromatic nitrogens is 1. The first-order chi connectivity index (χ1) is 20.8. The van der Waals surface area contributed by atoms with Crippen molar-refractivity contribution in [1.29, 1.82) is 0 Å². The van der Waals surface area contributed by atoms with Crippen molar-refractivity contribution in [3.63, 3.8) is 0 Å². The van der Waals surface area contributed by atoms with Crippen molar-refractivity contribution in [3.05, 3.63) is 152 Å². The second-order valence-electron chi connectivity index (χ2n) is 11.0. The molecule has 9 rings (SSSR count). The highest BCUT2D eigenvalue weighted by Gasteiger charge is 2.16. The lowest BCUT2D eigenvalue weighted by Crippen LogP contribution is -1.95. The first-order valence-electron chi connectivity index (χ1n) is 14.4. The highest BCUT2D eigenvalue weighted by Crippen LogP contribution is 2.40. The Morgan fingerprint density at radius 3 is 1.95 bits per heavy atom. The van der Waals surface area contributed by atoms with Crippen LogP contribution in [0.1, 0.15) is 0 Å². The zero-order valence-corrected chi connectivity index (χ0v) is 23.6. The molecule has 7 aromatic carbocycles. The van der Waals surface area contributed by atoms with Crippen molar-refractivity contribution >= 4 is 64.1 Å². The van der Waals surface area contributed by atoms with E-state index in [1.165, 1.54) is 80.7 Å². The normalized spacial score (nSPS) is 11.8. The van der Waals surface area contributed by atoms with E-state index in [1.807, 2.05) is 11.3 Å². The Labute approximate surface area is 247 Å². The molecule has 0 atom stereocenters. The van der Waals surface area contributed by atoms with E-state index in [2.05, 4.69) is 156 Å². The van der Waals surface area contributed by atoms with Gasteiger partial charge >= 0.3 is 0 Å². The average Bonchev–Trinajstić information content (AvgIpc) is 3.59. The zero-order valence-electron chi connectivity index (χ0n) is 22.8. The third-order valence-corrected chi connectivity index (χ3v) is 9.74. The number of thiophene rings is 1. The molecular formula is C40H25NS. The summed E-state index contributed by atoms with van der Waals surface area (Å²) in [5.74, 6) is 0. The fraction of sp³-hybridized carbons (Fsp3) is 0. The Hall–Kier alpha value is -5.18. The van der Waals surface area contributed by atoms with Gasteiger partial charge in [0.25, 0.3) is 0 Å². The first kappa shape index (κ1) is 23.5. The van der Waals surface area contributed by atoms with Crippen LogP contribution >= 0.6 is 11.3 Å². The summed E-state index contributed by atoms with van der Waals surface area (Å²) in [6.07, 6.45) is 0. The van der Waals surface area contributed by atoms with Crippen LogP contribution in [0.25, 0.3) is 80.7 Å². The van der Waals surface area contributed by atoms with Crippen molar-refractivity contribution in [2.75, 3.05) is 0 Å². The quantitative estimate of drug-likeness (QED) is 0.206. The molecule has 0 saturated heterocycles. The van der Waals surface area contributed by atoms with Gasteiger partial charge < -0.3 is 4.57 Å². The minimum absolute atomic E-state index is 1.21. The standard InChI is InChI=1S/C40H25NS/c1-2-9-26(10-3-1)28-18-21-37-34(23-28)32-20-17-30(29-19-22-40-35(24-29)33-14-6-7-16-39(33)42-40)25-38(32)41(37)36-15-8-12-27-11-4-5-13-31(27)36/h1-25H. The number of fused-ring (bicyclic) bond motifs is 7. The van der Waals surface area contributed by atoms with Gasteiger partial charge in [0.05, 0.1) is 16.7 Å². The van der Waals surface area contributed by atoms with E-state index in [0.717, 1.165) is 0 Å². The molecule has 0 aliphatic rings. The fourth-order valence-corrected chi connectivity index (χ4v) is 7.67. The van der Waals surface area contributed by atoms with E-state index >= 15 is 0 Å². The Kier molecular flexibility index (Phi) is 5.13. The minimum Gasteiger partial charge on any atom is -0.309 e. The topological polar surface area (TPSA) is 4.93 Å². The molecule has 0 fully saturated rings. The van der Waals surface area contributed by atoms with Crippen LogP contribution in [-0.4, -0.2) is 4.57 Å². The van der Waals surface area contributed by atoms with Gasteiger partial charge in [-0.2, -0.15) is 0 Å². The molecule has 0 aliphatic carbocycles. The van der Waals surface area contributed by atoms with Crippen LogP contribution in [0.4, 0.5) is 0 Å². The Morgan fingerprint density at radius 1 is 0.357 bits per heavy atom. The fourth-order valence-electron chi connectivity index (χ4n) is 6.58. The van der Waals surface area contributed by atoms with E-state index in [9.17, 15) is 0 Å². The Morgan fingerprint density at radius 2 is 1.02 bits per heavy atom. The summed E-state index contributed by atoms with van der Waals surface area (Å²) in [6, 6.07) is 55.5. The molecule has 0 saturated carbocycles. The lowest BCUT2D eigenvalue weighted by atomic mass is 10.00. The predicted octanol–water partition coefficient (Wildman–Crippen LogP) is 11.6. The second kappa shape index (κ2) is 9.17. The number of nitrogens with zero attached hydrogens (tertiary/aromatic N) is 1. The number of hydrogen-bond acceptors (Lipinski definition) is 1. The molecular weight excluding hydrogens is 527 g/mol. The third-order valence-electron chi connectivity index (χ3n) is 8.59. The van der Waals surface area contributed by atoms with Crippen molar-refractivity contribution < 1.29 is 0 Å². The summed E-state index contributed by atoms with van der Waals surface area (Å²) >= 11 is 1.87. The van der Waals surface area contributed by atoms with Crippen LogP contribution < -0.4 is 0 Å². The molecule has 42 heavy (non-hydrogen) atoms.